The number of rotatable bonds is 3. The van der Waals surface area contributed by atoms with Crippen LogP contribution in [-0.4, -0.2) is 23.4 Å². The molecule has 2 aromatic heterocycles. The third-order valence-electron chi connectivity index (χ3n) is 4.00. The molecular weight excluding hydrogens is 296 g/mol. The zero-order valence-corrected chi connectivity index (χ0v) is 13.1. The summed E-state index contributed by atoms with van der Waals surface area (Å²) in [6.45, 7) is 3.59. The molecule has 0 N–H and O–H groups in total. The highest BCUT2D eigenvalue weighted by atomic mass is 32.1. The maximum absolute atomic E-state index is 5.53. The fourth-order valence-electron chi connectivity index (χ4n) is 2.82. The third kappa shape index (κ3) is 2.36. The summed E-state index contributed by atoms with van der Waals surface area (Å²) in [5, 5.41) is 6.25. The van der Waals surface area contributed by atoms with E-state index in [0.29, 0.717) is 12.5 Å². The molecule has 0 radical (unpaired) electrons. The molecule has 0 unspecified atom stereocenters. The van der Waals surface area contributed by atoms with Gasteiger partial charge in [0.2, 0.25) is 0 Å². The number of aromatic nitrogens is 2. The fourth-order valence-corrected chi connectivity index (χ4v) is 3.68. The van der Waals surface area contributed by atoms with E-state index in [4.69, 9.17) is 9.26 Å². The van der Waals surface area contributed by atoms with Crippen LogP contribution in [0.5, 0.6) is 0 Å². The van der Waals surface area contributed by atoms with E-state index >= 15 is 0 Å². The molecule has 0 spiro atoms. The number of aryl methyl sites for hydroxylation is 1. The highest BCUT2D eigenvalue weighted by Gasteiger charge is 2.25. The lowest BCUT2D eigenvalue weighted by atomic mass is 10.0. The zero-order chi connectivity index (χ0) is 14.9. The molecule has 3 heterocycles. The van der Waals surface area contributed by atoms with E-state index in [-0.39, 0.29) is 5.92 Å². The van der Waals surface area contributed by atoms with Crippen molar-refractivity contribution in [3.8, 4) is 22.6 Å². The predicted octanol–water partition coefficient (Wildman–Crippen LogP) is 4.28. The zero-order valence-electron chi connectivity index (χ0n) is 12.3. The van der Waals surface area contributed by atoms with Gasteiger partial charge in [0.1, 0.15) is 0 Å². The topological polar surface area (TPSA) is 48.2 Å². The maximum atomic E-state index is 5.53. The van der Waals surface area contributed by atoms with Gasteiger partial charge in [-0.05, 0) is 18.9 Å². The first-order valence-corrected chi connectivity index (χ1v) is 8.26. The van der Waals surface area contributed by atoms with Crippen LogP contribution in [-0.2, 0) is 4.74 Å². The minimum Gasteiger partial charge on any atom is -0.381 e. The molecule has 0 bridgehead atoms. The summed E-state index contributed by atoms with van der Waals surface area (Å²) in [6.07, 6.45) is 0.965. The van der Waals surface area contributed by atoms with Crippen molar-refractivity contribution in [2.24, 2.45) is 0 Å². The van der Waals surface area contributed by atoms with Crippen LogP contribution >= 0.6 is 11.3 Å². The molecule has 1 aliphatic rings. The summed E-state index contributed by atoms with van der Waals surface area (Å²) in [4.78, 5) is 5.87. The van der Waals surface area contributed by atoms with E-state index in [2.05, 4.69) is 34.6 Å². The first kappa shape index (κ1) is 13.7. The Balaban J connectivity index is 1.74. The molecule has 1 fully saturated rings. The highest BCUT2D eigenvalue weighted by molar-refractivity contribution is 7.10. The van der Waals surface area contributed by atoms with E-state index in [1.165, 1.54) is 16.0 Å². The van der Waals surface area contributed by atoms with Gasteiger partial charge in [0.25, 0.3) is 5.89 Å². The largest absolute Gasteiger partial charge is 0.381 e. The molecule has 4 rings (SSSR count). The van der Waals surface area contributed by atoms with Gasteiger partial charge in [-0.1, -0.05) is 35.5 Å². The van der Waals surface area contributed by atoms with Crippen LogP contribution in [0.2, 0.25) is 0 Å². The van der Waals surface area contributed by atoms with Crippen LogP contribution < -0.4 is 0 Å². The van der Waals surface area contributed by atoms with Gasteiger partial charge >= 0.3 is 0 Å². The molecule has 3 aromatic rings. The Labute approximate surface area is 132 Å². The van der Waals surface area contributed by atoms with Crippen LogP contribution in [0.3, 0.4) is 0 Å². The number of nitrogens with zero attached hydrogens (tertiary/aromatic N) is 2. The van der Waals surface area contributed by atoms with Gasteiger partial charge in [-0.3, -0.25) is 0 Å². The third-order valence-corrected chi connectivity index (χ3v) is 4.92. The second-order valence-electron chi connectivity index (χ2n) is 5.46. The fraction of sp³-hybridized carbons (Fsp3) is 0.294. The van der Waals surface area contributed by atoms with Gasteiger partial charge in [0.15, 0.2) is 5.82 Å². The minimum absolute atomic E-state index is 0.261. The van der Waals surface area contributed by atoms with Gasteiger partial charge in [0, 0.05) is 28.3 Å². The number of thiophene rings is 1. The monoisotopic (exact) mass is 312 g/mol. The lowest BCUT2D eigenvalue weighted by Crippen LogP contribution is -1.99. The Kier molecular flexibility index (Phi) is 3.52. The van der Waals surface area contributed by atoms with Gasteiger partial charge in [-0.2, -0.15) is 4.98 Å². The summed E-state index contributed by atoms with van der Waals surface area (Å²) in [5.41, 5.74) is 3.38. The molecule has 1 saturated heterocycles. The summed E-state index contributed by atoms with van der Waals surface area (Å²) in [7, 11) is 0. The van der Waals surface area contributed by atoms with E-state index in [1.54, 1.807) is 11.3 Å². The predicted molar refractivity (Wildman–Crippen MR) is 86.0 cm³/mol. The van der Waals surface area contributed by atoms with Crippen LogP contribution in [0.15, 0.2) is 40.2 Å². The molecule has 5 heteroatoms. The average Bonchev–Trinajstić information content (AvgIpc) is 3.28. The van der Waals surface area contributed by atoms with E-state index < -0.39 is 0 Å². The highest BCUT2D eigenvalue weighted by Crippen LogP contribution is 2.38. The van der Waals surface area contributed by atoms with Crippen molar-refractivity contribution in [1.82, 2.24) is 10.1 Å². The number of hydrogen-bond acceptors (Lipinski definition) is 5. The van der Waals surface area contributed by atoms with Crippen LogP contribution in [0.25, 0.3) is 22.6 Å². The number of ether oxygens (including phenoxy) is 1. The number of benzene rings is 1. The van der Waals surface area contributed by atoms with Crippen molar-refractivity contribution >= 4 is 11.3 Å². The normalized spacial score (nSPS) is 18.0. The van der Waals surface area contributed by atoms with Crippen molar-refractivity contribution in [3.63, 3.8) is 0 Å². The lowest BCUT2D eigenvalue weighted by Gasteiger charge is -2.03. The number of hydrogen-bond donors (Lipinski definition) is 0. The quantitative estimate of drug-likeness (QED) is 0.724. The summed E-state index contributed by atoms with van der Waals surface area (Å²) in [6, 6.07) is 10.3. The maximum Gasteiger partial charge on any atom is 0.259 e. The van der Waals surface area contributed by atoms with Gasteiger partial charge in [-0.25, -0.2) is 0 Å². The molecule has 0 amide bonds. The van der Waals surface area contributed by atoms with Crippen LogP contribution in [0, 0.1) is 6.92 Å². The SMILES string of the molecule is Cc1scc(-c2nc([C@@H]3CCOC3)no2)c1-c1ccccc1. The molecule has 4 nitrogen and oxygen atoms in total. The van der Waals surface area contributed by atoms with Crippen molar-refractivity contribution in [3.05, 3.63) is 46.4 Å². The Morgan fingerprint density at radius 1 is 1.23 bits per heavy atom. The van der Waals surface area contributed by atoms with E-state index in [9.17, 15) is 0 Å². The van der Waals surface area contributed by atoms with Crippen molar-refractivity contribution in [2.75, 3.05) is 13.2 Å². The smallest absolute Gasteiger partial charge is 0.259 e. The summed E-state index contributed by atoms with van der Waals surface area (Å²) >= 11 is 1.71. The summed E-state index contributed by atoms with van der Waals surface area (Å²) < 4.78 is 10.9. The molecule has 1 aliphatic heterocycles. The van der Waals surface area contributed by atoms with E-state index in [0.717, 1.165) is 24.4 Å². The average molecular weight is 312 g/mol. The first-order chi connectivity index (χ1) is 10.8. The van der Waals surface area contributed by atoms with E-state index in [1.807, 2.05) is 18.2 Å². The molecule has 1 aromatic carbocycles. The Bertz CT molecular complexity index is 773. The van der Waals surface area contributed by atoms with Gasteiger partial charge in [0.05, 0.1) is 12.2 Å². The Morgan fingerprint density at radius 2 is 2.09 bits per heavy atom. The lowest BCUT2D eigenvalue weighted by molar-refractivity contribution is 0.192. The Morgan fingerprint density at radius 3 is 2.86 bits per heavy atom. The minimum atomic E-state index is 0.261. The van der Waals surface area contributed by atoms with Crippen LogP contribution in [0.4, 0.5) is 0 Å². The van der Waals surface area contributed by atoms with Crippen molar-refractivity contribution in [2.45, 2.75) is 19.3 Å². The van der Waals surface area contributed by atoms with Crippen molar-refractivity contribution in [1.29, 1.82) is 0 Å². The van der Waals surface area contributed by atoms with Crippen LogP contribution in [0.1, 0.15) is 23.0 Å². The second kappa shape index (κ2) is 5.66. The van der Waals surface area contributed by atoms with Gasteiger partial charge < -0.3 is 9.26 Å². The molecular formula is C17H16N2O2S. The molecule has 0 saturated carbocycles. The van der Waals surface area contributed by atoms with Gasteiger partial charge in [-0.15, -0.1) is 11.3 Å². The second-order valence-corrected chi connectivity index (χ2v) is 6.55. The summed E-state index contributed by atoms with van der Waals surface area (Å²) in [5.74, 6) is 1.62. The molecule has 112 valence electrons. The first-order valence-electron chi connectivity index (χ1n) is 7.38. The molecule has 0 aliphatic carbocycles. The Hall–Kier alpha value is -1.98. The molecule has 22 heavy (non-hydrogen) atoms. The molecule has 1 atom stereocenters. The standard InChI is InChI=1S/C17H16N2O2S/c1-11-15(12-5-3-2-4-6-12)14(10-22-11)17-18-16(19-21-17)13-7-8-20-9-13/h2-6,10,13H,7-9H2,1H3/t13-/m1/s1. The van der Waals surface area contributed by atoms with Crippen molar-refractivity contribution < 1.29 is 9.26 Å².